The van der Waals surface area contributed by atoms with Crippen molar-refractivity contribution in [1.29, 1.82) is 0 Å². The Morgan fingerprint density at radius 1 is 1.50 bits per heavy atom. The molecule has 0 aromatic rings. The summed E-state index contributed by atoms with van der Waals surface area (Å²) in [5.41, 5.74) is 0. The van der Waals surface area contributed by atoms with Gasteiger partial charge in [-0.15, -0.1) is 0 Å². The Morgan fingerprint density at radius 3 is 1.62 bits per heavy atom. The van der Waals surface area contributed by atoms with Crippen LogP contribution in [-0.4, -0.2) is 43.1 Å². The molecule has 0 unspecified atom stereocenters. The zero-order valence-electron chi connectivity index (χ0n) is 6.27. The molecule has 0 amide bonds. The van der Waals surface area contributed by atoms with Crippen molar-refractivity contribution in [3.8, 4) is 0 Å². The molecule has 0 saturated carbocycles. The lowest BCUT2D eigenvalue weighted by atomic mass is 10.9. The van der Waals surface area contributed by atoms with Gasteiger partial charge in [-0.2, -0.15) is 0 Å². The molecule has 0 saturated heterocycles. The highest BCUT2D eigenvalue weighted by Gasteiger charge is 1.58. The maximum atomic E-state index is 4.57. The van der Waals surface area contributed by atoms with E-state index in [9.17, 15) is 0 Å². The van der Waals surface area contributed by atoms with Crippen molar-refractivity contribution in [2.75, 3.05) is 27.7 Å². The van der Waals surface area contributed by atoms with Crippen molar-refractivity contribution in [2.45, 2.75) is 0 Å². The summed E-state index contributed by atoms with van der Waals surface area (Å²) in [6.45, 7) is 4.05. The first-order valence-electron chi connectivity index (χ1n) is 2.54. The number of nitrogens with zero attached hydrogens (tertiary/aromatic N) is 1. The van der Waals surface area contributed by atoms with Crippen molar-refractivity contribution in [3.05, 3.63) is 6.92 Å². The number of rotatable bonds is 1. The molecular weight excluding hydrogens is 118 g/mol. The van der Waals surface area contributed by atoms with Gasteiger partial charge in [0.15, 0.2) is 0 Å². The molecule has 8 heavy (non-hydrogen) atoms. The second-order valence-electron chi connectivity index (χ2n) is 1.83. The van der Waals surface area contributed by atoms with E-state index in [2.05, 4.69) is 11.3 Å². The fourth-order valence-electron chi connectivity index (χ4n) is 0. The van der Waals surface area contributed by atoms with Gasteiger partial charge in [-0.1, -0.05) is 0 Å². The highest BCUT2D eigenvalue weighted by atomic mass is 28.2. The van der Waals surface area contributed by atoms with Crippen molar-refractivity contribution in [2.24, 2.45) is 0 Å². The third-order valence-electron chi connectivity index (χ3n) is 0.204. The van der Waals surface area contributed by atoms with Gasteiger partial charge >= 0.3 is 0 Å². The molecule has 0 aliphatic heterocycles. The van der Waals surface area contributed by atoms with Crippen LogP contribution < -0.4 is 0 Å². The van der Waals surface area contributed by atoms with Gasteiger partial charge in [-0.25, -0.2) is 0 Å². The average molecular weight is 134 g/mol. The molecule has 51 valence electrons. The number of hydrogen-bond donors (Lipinski definition) is 0. The van der Waals surface area contributed by atoms with Crippen LogP contribution in [0.25, 0.3) is 0 Å². The third-order valence-corrected chi connectivity index (χ3v) is 0.612. The van der Waals surface area contributed by atoms with Crippen LogP contribution in [0.2, 0.25) is 0 Å². The SMILES string of the molecule is CN(C)C.[CH2]CO[SiH3]. The largest absolute Gasteiger partial charge is 0.428 e. The Bertz CT molecular complexity index is 28.9. The van der Waals surface area contributed by atoms with Crippen molar-refractivity contribution in [3.63, 3.8) is 0 Å². The van der Waals surface area contributed by atoms with E-state index in [4.69, 9.17) is 0 Å². The van der Waals surface area contributed by atoms with E-state index < -0.39 is 0 Å². The molecule has 0 atom stereocenters. The maximum Gasteiger partial charge on any atom is 0.145 e. The molecule has 3 heteroatoms. The predicted molar refractivity (Wildman–Crippen MR) is 40.9 cm³/mol. The van der Waals surface area contributed by atoms with Crippen LogP contribution in [0.15, 0.2) is 0 Å². The van der Waals surface area contributed by atoms with Crippen LogP contribution in [-0.2, 0) is 4.43 Å². The van der Waals surface area contributed by atoms with Gasteiger partial charge in [0.25, 0.3) is 0 Å². The van der Waals surface area contributed by atoms with Crippen LogP contribution in [0.1, 0.15) is 0 Å². The Morgan fingerprint density at radius 2 is 1.62 bits per heavy atom. The monoisotopic (exact) mass is 134 g/mol. The molecule has 0 rings (SSSR count). The predicted octanol–water partition coefficient (Wildman–Crippen LogP) is -0.705. The summed E-state index contributed by atoms with van der Waals surface area (Å²) in [5, 5.41) is 0. The molecular formula is C5H16NOSi. The summed E-state index contributed by atoms with van der Waals surface area (Å²) < 4.78 is 4.57. The Labute approximate surface area is 55.4 Å². The van der Waals surface area contributed by atoms with Crippen LogP contribution in [0.5, 0.6) is 0 Å². The lowest BCUT2D eigenvalue weighted by Crippen LogP contribution is -1.99. The van der Waals surface area contributed by atoms with Gasteiger partial charge in [-0.05, 0) is 28.1 Å². The van der Waals surface area contributed by atoms with E-state index in [0.29, 0.717) is 6.61 Å². The topological polar surface area (TPSA) is 12.5 Å². The van der Waals surface area contributed by atoms with E-state index in [0.717, 1.165) is 10.5 Å². The summed E-state index contributed by atoms with van der Waals surface area (Å²) >= 11 is 0. The van der Waals surface area contributed by atoms with Gasteiger partial charge in [0.05, 0.1) is 0 Å². The molecule has 0 fully saturated rings. The summed E-state index contributed by atoms with van der Waals surface area (Å²) in [7, 11) is 6.83. The van der Waals surface area contributed by atoms with E-state index in [-0.39, 0.29) is 0 Å². The van der Waals surface area contributed by atoms with Crippen molar-refractivity contribution >= 4 is 10.5 Å². The summed E-state index contributed by atoms with van der Waals surface area (Å²) in [4.78, 5) is 2.00. The Kier molecular flexibility index (Phi) is 14.0. The van der Waals surface area contributed by atoms with Crippen LogP contribution in [0, 0.1) is 6.92 Å². The molecule has 2 nitrogen and oxygen atoms in total. The van der Waals surface area contributed by atoms with Gasteiger partial charge in [0, 0.05) is 6.61 Å². The van der Waals surface area contributed by atoms with E-state index in [1.165, 1.54) is 0 Å². The maximum absolute atomic E-state index is 4.57. The third kappa shape index (κ3) is 125. The first-order chi connectivity index (χ1) is 3.65. The van der Waals surface area contributed by atoms with E-state index in [1.807, 2.05) is 26.0 Å². The zero-order valence-corrected chi connectivity index (χ0v) is 8.27. The number of hydrogen-bond acceptors (Lipinski definition) is 2. The smallest absolute Gasteiger partial charge is 0.145 e. The van der Waals surface area contributed by atoms with Crippen LogP contribution >= 0.6 is 0 Å². The minimum Gasteiger partial charge on any atom is -0.428 e. The molecule has 0 aromatic carbocycles. The molecule has 1 radical (unpaired) electrons. The molecule has 0 heterocycles. The lowest BCUT2D eigenvalue weighted by molar-refractivity contribution is 0.399. The highest BCUT2D eigenvalue weighted by Crippen LogP contribution is 1.49. The molecule has 0 aromatic heterocycles. The average Bonchev–Trinajstić information content (AvgIpc) is 1.65. The summed E-state index contributed by atoms with van der Waals surface area (Å²) in [5.74, 6) is 0. The molecule has 0 aliphatic rings. The fraction of sp³-hybridized carbons (Fsp3) is 0.800. The van der Waals surface area contributed by atoms with E-state index >= 15 is 0 Å². The minimum atomic E-state index is 0.631. The second-order valence-corrected chi connectivity index (χ2v) is 2.41. The first kappa shape index (κ1) is 11.0. The standard InChI is InChI=1S/C3H9N.C2H7OSi/c1-4(2)3;1-2-3-4/h1-3H3;1-2H2,4H3. The molecule has 0 aliphatic carbocycles. The summed E-state index contributed by atoms with van der Waals surface area (Å²) in [6, 6.07) is 0. The van der Waals surface area contributed by atoms with Gasteiger partial charge in [0.2, 0.25) is 0 Å². The van der Waals surface area contributed by atoms with Crippen LogP contribution in [0.3, 0.4) is 0 Å². The molecule has 0 spiro atoms. The second kappa shape index (κ2) is 10.2. The van der Waals surface area contributed by atoms with Crippen molar-refractivity contribution < 1.29 is 4.43 Å². The Balaban J connectivity index is 0. The van der Waals surface area contributed by atoms with Gasteiger partial charge < -0.3 is 9.33 Å². The highest BCUT2D eigenvalue weighted by molar-refractivity contribution is 5.97. The van der Waals surface area contributed by atoms with Crippen LogP contribution in [0.4, 0.5) is 0 Å². The normalized spacial score (nSPS) is 8.62. The van der Waals surface area contributed by atoms with Gasteiger partial charge in [-0.3, -0.25) is 0 Å². The quantitative estimate of drug-likeness (QED) is 0.440. The molecule has 0 bridgehead atoms. The fourth-order valence-corrected chi connectivity index (χ4v) is 0. The lowest BCUT2D eigenvalue weighted by Gasteiger charge is -1.90. The zero-order chi connectivity index (χ0) is 6.99. The first-order valence-corrected chi connectivity index (χ1v) is 3.36. The Hall–Kier alpha value is 0.137. The minimum absolute atomic E-state index is 0.631. The van der Waals surface area contributed by atoms with E-state index in [1.54, 1.807) is 0 Å². The molecule has 0 N–H and O–H groups in total. The van der Waals surface area contributed by atoms with Crippen molar-refractivity contribution in [1.82, 2.24) is 4.90 Å². The summed E-state index contributed by atoms with van der Waals surface area (Å²) in [6.07, 6.45) is 0. The van der Waals surface area contributed by atoms with Gasteiger partial charge in [0.1, 0.15) is 10.5 Å².